The van der Waals surface area contributed by atoms with Gasteiger partial charge in [-0.1, -0.05) is 42.5 Å². The van der Waals surface area contributed by atoms with Crippen molar-refractivity contribution in [2.24, 2.45) is 0 Å². The maximum Gasteiger partial charge on any atom is 0.324 e. The first kappa shape index (κ1) is 18.8. The summed E-state index contributed by atoms with van der Waals surface area (Å²) in [4.78, 5) is 24.3. The Morgan fingerprint density at radius 1 is 1.11 bits per heavy atom. The zero-order chi connectivity index (χ0) is 19.4. The van der Waals surface area contributed by atoms with Crippen molar-refractivity contribution in [1.29, 1.82) is 0 Å². The standard InChI is InChI=1S/C20H22N2O5/c1-3-27-20(23)18-16(13-9-11-15(26-2)12-10-13)19(22(24)25)17(21-18)14-7-5-4-6-8-14/h4-12,16-19,21H,3H2,1-2H3/t16-,17+,18+,19+/m1/s1. The molecule has 142 valence electrons. The largest absolute Gasteiger partial charge is 0.497 e. The number of hydrogen-bond acceptors (Lipinski definition) is 6. The van der Waals surface area contributed by atoms with Crippen LogP contribution in [0.5, 0.6) is 5.75 Å². The van der Waals surface area contributed by atoms with Gasteiger partial charge in [-0.3, -0.25) is 20.2 Å². The highest BCUT2D eigenvalue weighted by Crippen LogP contribution is 2.40. The first-order chi connectivity index (χ1) is 13.1. The lowest BCUT2D eigenvalue weighted by Gasteiger charge is -2.19. The van der Waals surface area contributed by atoms with E-state index in [9.17, 15) is 14.9 Å². The molecular formula is C20H22N2O5. The zero-order valence-corrected chi connectivity index (χ0v) is 15.2. The highest BCUT2D eigenvalue weighted by Gasteiger charge is 2.54. The summed E-state index contributed by atoms with van der Waals surface area (Å²) in [7, 11) is 1.55. The van der Waals surface area contributed by atoms with E-state index in [0.717, 1.165) is 5.56 Å². The number of nitrogens with zero attached hydrogens (tertiary/aromatic N) is 1. The quantitative estimate of drug-likeness (QED) is 0.478. The Bertz CT molecular complexity index is 794. The van der Waals surface area contributed by atoms with Gasteiger partial charge in [0.05, 0.1) is 19.6 Å². The monoisotopic (exact) mass is 370 g/mol. The highest BCUT2D eigenvalue weighted by atomic mass is 16.6. The van der Waals surface area contributed by atoms with Gasteiger partial charge in [0.15, 0.2) is 0 Å². The molecule has 0 aliphatic carbocycles. The van der Waals surface area contributed by atoms with Crippen molar-refractivity contribution in [3.63, 3.8) is 0 Å². The summed E-state index contributed by atoms with van der Waals surface area (Å²) in [6, 6.07) is 13.8. The second-order valence-corrected chi connectivity index (χ2v) is 6.36. The lowest BCUT2D eigenvalue weighted by atomic mass is 9.85. The van der Waals surface area contributed by atoms with Crippen LogP contribution in [0.25, 0.3) is 0 Å². The van der Waals surface area contributed by atoms with E-state index < -0.39 is 30.0 Å². The van der Waals surface area contributed by atoms with Crippen molar-refractivity contribution >= 4 is 5.97 Å². The van der Waals surface area contributed by atoms with Crippen LogP contribution in [0, 0.1) is 10.1 Å². The van der Waals surface area contributed by atoms with E-state index in [1.807, 2.05) is 30.3 Å². The topological polar surface area (TPSA) is 90.7 Å². The van der Waals surface area contributed by atoms with Crippen molar-refractivity contribution in [2.75, 3.05) is 13.7 Å². The van der Waals surface area contributed by atoms with Gasteiger partial charge in [0.1, 0.15) is 17.8 Å². The first-order valence-corrected chi connectivity index (χ1v) is 8.82. The molecule has 7 heteroatoms. The normalized spacial score (nSPS) is 24.4. The number of benzene rings is 2. The minimum absolute atomic E-state index is 0.214. The summed E-state index contributed by atoms with van der Waals surface area (Å²) in [5.41, 5.74) is 1.46. The molecule has 1 fully saturated rings. The Hall–Kier alpha value is -2.93. The average Bonchev–Trinajstić information content (AvgIpc) is 3.10. The lowest BCUT2D eigenvalue weighted by molar-refractivity contribution is -0.527. The Labute approximate surface area is 157 Å². The molecule has 3 rings (SSSR count). The van der Waals surface area contributed by atoms with Crippen LogP contribution in [0.2, 0.25) is 0 Å². The number of rotatable bonds is 6. The smallest absolute Gasteiger partial charge is 0.324 e. The second-order valence-electron chi connectivity index (χ2n) is 6.36. The van der Waals surface area contributed by atoms with Crippen LogP contribution in [0.15, 0.2) is 54.6 Å². The van der Waals surface area contributed by atoms with Gasteiger partial charge in [0.25, 0.3) is 0 Å². The molecule has 4 atom stereocenters. The Morgan fingerprint density at radius 3 is 2.33 bits per heavy atom. The number of nitrogens with one attached hydrogen (secondary N) is 1. The number of carbonyl (C=O) groups excluding carboxylic acids is 1. The molecule has 2 aromatic carbocycles. The molecule has 0 bridgehead atoms. The number of ether oxygens (including phenoxy) is 2. The van der Waals surface area contributed by atoms with Crippen LogP contribution in [0.4, 0.5) is 0 Å². The highest BCUT2D eigenvalue weighted by molar-refractivity contribution is 5.78. The zero-order valence-electron chi connectivity index (χ0n) is 15.2. The van der Waals surface area contributed by atoms with E-state index in [0.29, 0.717) is 11.3 Å². The van der Waals surface area contributed by atoms with E-state index in [-0.39, 0.29) is 11.5 Å². The fraction of sp³-hybridized carbons (Fsp3) is 0.350. The van der Waals surface area contributed by atoms with Gasteiger partial charge in [-0.15, -0.1) is 0 Å². The van der Waals surface area contributed by atoms with Gasteiger partial charge in [0.2, 0.25) is 6.04 Å². The third-order valence-corrected chi connectivity index (χ3v) is 4.87. The molecule has 27 heavy (non-hydrogen) atoms. The van der Waals surface area contributed by atoms with Gasteiger partial charge in [0, 0.05) is 4.92 Å². The lowest BCUT2D eigenvalue weighted by Crippen LogP contribution is -2.37. The minimum atomic E-state index is -1.00. The molecule has 7 nitrogen and oxygen atoms in total. The maximum atomic E-state index is 12.6. The maximum absolute atomic E-state index is 12.6. The third-order valence-electron chi connectivity index (χ3n) is 4.87. The number of methoxy groups -OCH3 is 1. The molecule has 0 spiro atoms. The van der Waals surface area contributed by atoms with Gasteiger partial charge >= 0.3 is 5.97 Å². The first-order valence-electron chi connectivity index (χ1n) is 8.82. The number of carbonyl (C=O) groups is 1. The van der Waals surface area contributed by atoms with Crippen LogP contribution in [0.1, 0.15) is 30.0 Å². The summed E-state index contributed by atoms with van der Waals surface area (Å²) >= 11 is 0. The van der Waals surface area contributed by atoms with E-state index >= 15 is 0 Å². The van der Waals surface area contributed by atoms with Crippen LogP contribution >= 0.6 is 0 Å². The van der Waals surface area contributed by atoms with E-state index in [1.54, 1.807) is 38.3 Å². The average molecular weight is 370 g/mol. The SMILES string of the molecule is CCOC(=O)[C@H]1N[C@@H](c2ccccc2)[C@@H]([N+](=O)[O-])[C@@H]1c1ccc(OC)cc1. The summed E-state index contributed by atoms with van der Waals surface area (Å²) in [6.45, 7) is 1.93. The number of nitro groups is 1. The van der Waals surface area contributed by atoms with Crippen molar-refractivity contribution in [3.8, 4) is 5.75 Å². The van der Waals surface area contributed by atoms with Gasteiger partial charge in [-0.2, -0.15) is 0 Å². The Morgan fingerprint density at radius 2 is 1.78 bits per heavy atom. The van der Waals surface area contributed by atoms with Crippen molar-refractivity contribution in [3.05, 3.63) is 75.8 Å². The van der Waals surface area contributed by atoms with E-state index in [2.05, 4.69) is 5.32 Å². The van der Waals surface area contributed by atoms with Crippen LogP contribution in [0.3, 0.4) is 0 Å². The molecule has 0 unspecified atom stereocenters. The molecule has 1 saturated heterocycles. The fourth-order valence-corrected chi connectivity index (χ4v) is 3.67. The van der Waals surface area contributed by atoms with Crippen molar-refractivity contribution in [2.45, 2.75) is 31.0 Å². The summed E-state index contributed by atoms with van der Waals surface area (Å²) in [5.74, 6) is -0.492. The Kier molecular flexibility index (Phi) is 5.71. The summed E-state index contributed by atoms with van der Waals surface area (Å²) in [5, 5.41) is 15.2. The van der Waals surface area contributed by atoms with Crippen molar-refractivity contribution in [1.82, 2.24) is 5.32 Å². The predicted octanol–water partition coefficient (Wildman–Crippen LogP) is 2.70. The van der Waals surface area contributed by atoms with Crippen LogP contribution in [-0.2, 0) is 9.53 Å². The van der Waals surface area contributed by atoms with Gasteiger partial charge < -0.3 is 9.47 Å². The molecule has 0 amide bonds. The second kappa shape index (κ2) is 8.18. The van der Waals surface area contributed by atoms with Crippen LogP contribution in [-0.4, -0.2) is 36.7 Å². The van der Waals surface area contributed by atoms with Gasteiger partial charge in [-0.05, 0) is 30.2 Å². The third kappa shape index (κ3) is 3.78. The molecule has 1 aliphatic heterocycles. The van der Waals surface area contributed by atoms with E-state index in [1.165, 1.54) is 0 Å². The van der Waals surface area contributed by atoms with Gasteiger partial charge in [-0.25, -0.2) is 0 Å². The van der Waals surface area contributed by atoms with E-state index in [4.69, 9.17) is 9.47 Å². The predicted molar refractivity (Wildman–Crippen MR) is 99.3 cm³/mol. The van der Waals surface area contributed by atoms with Crippen LogP contribution < -0.4 is 10.1 Å². The number of esters is 1. The molecule has 0 saturated carbocycles. The summed E-state index contributed by atoms with van der Waals surface area (Å²) < 4.78 is 10.4. The molecule has 0 aromatic heterocycles. The Balaban J connectivity index is 2.05. The van der Waals surface area contributed by atoms with Crippen molar-refractivity contribution < 1.29 is 19.2 Å². The molecule has 0 radical (unpaired) electrons. The summed E-state index contributed by atoms with van der Waals surface area (Å²) in [6.07, 6.45) is 0. The molecule has 1 heterocycles. The fourth-order valence-electron chi connectivity index (χ4n) is 3.67. The minimum Gasteiger partial charge on any atom is -0.497 e. The molecule has 2 aromatic rings. The number of hydrogen-bond donors (Lipinski definition) is 1. The molecule has 1 aliphatic rings. The molecule has 1 N–H and O–H groups in total. The molecular weight excluding hydrogens is 348 g/mol.